The Morgan fingerprint density at radius 2 is 1.36 bits per heavy atom. The number of fused-ring (bicyclic) bond motifs is 4. The van der Waals surface area contributed by atoms with Gasteiger partial charge >= 0.3 is 24.7 Å². The minimum absolute atomic E-state index is 0.142. The zero-order valence-corrected chi connectivity index (χ0v) is 32.7. The molecule has 5 unspecified atom stereocenters. The van der Waals surface area contributed by atoms with Crippen molar-refractivity contribution in [1.82, 2.24) is 15.2 Å². The highest BCUT2D eigenvalue weighted by atomic mass is 31.1. The number of rotatable bonds is 9. The summed E-state index contributed by atoms with van der Waals surface area (Å²) in [4.78, 5) is 21.5. The van der Waals surface area contributed by atoms with E-state index >= 15 is 0 Å². The molecule has 1 aromatic heterocycles. The zero-order valence-electron chi connectivity index (χ0n) is 31.8. The van der Waals surface area contributed by atoms with Gasteiger partial charge in [0.05, 0.1) is 40.9 Å². The van der Waals surface area contributed by atoms with Gasteiger partial charge in [-0.2, -0.15) is 52.7 Å². The van der Waals surface area contributed by atoms with Crippen LogP contribution in [0.3, 0.4) is 0 Å². The largest absolute Gasteiger partial charge is 0.497 e. The summed E-state index contributed by atoms with van der Waals surface area (Å²) in [5.74, 6) is -0.168. The molecule has 3 aliphatic heterocycles. The van der Waals surface area contributed by atoms with Gasteiger partial charge in [-0.3, -0.25) is 14.7 Å². The molecule has 5 aromatic rings. The molecule has 8 rings (SSSR count). The average Bonchev–Trinajstić information content (AvgIpc) is 3.21. The topological polar surface area (TPSA) is 54.5 Å². The molecule has 5 atom stereocenters. The number of carbonyl (C=O) groups is 1. The lowest BCUT2D eigenvalue weighted by molar-refractivity contribution is -0.144. The highest BCUT2D eigenvalue weighted by Gasteiger charge is 2.45. The number of aromatic nitrogens is 1. The normalized spacial score (nSPS) is 20.2. The van der Waals surface area contributed by atoms with Crippen molar-refractivity contribution in [2.24, 2.45) is 11.8 Å². The summed E-state index contributed by atoms with van der Waals surface area (Å²) < 4.78 is 177. The fourth-order valence-corrected chi connectivity index (χ4v) is 10.9. The number of ether oxygens (including phenoxy) is 1. The second kappa shape index (κ2) is 16.3. The van der Waals surface area contributed by atoms with E-state index in [0.29, 0.717) is 41.7 Å². The first kappa shape index (κ1) is 43.9. The molecule has 1 N–H and O–H groups in total. The zero-order chi connectivity index (χ0) is 44.2. The highest BCUT2D eigenvalue weighted by Crippen LogP contribution is 2.45. The number of hydrogen-bond donors (Lipinski definition) is 1. The van der Waals surface area contributed by atoms with Gasteiger partial charge in [0.1, 0.15) is 5.75 Å². The number of pyridine rings is 1. The van der Waals surface area contributed by atoms with E-state index < -0.39 is 88.3 Å². The van der Waals surface area contributed by atoms with Crippen LogP contribution < -0.4 is 26.0 Å². The van der Waals surface area contributed by atoms with Crippen LogP contribution in [0.4, 0.5) is 52.7 Å². The van der Waals surface area contributed by atoms with Gasteiger partial charge in [0, 0.05) is 29.7 Å². The molecule has 0 aliphatic carbocycles. The standard InChI is InChI=1S/C43H34F12N3O2P/c1-3-23-22-58-13-11-24(23)14-36(58)38(32-10-12-56-35-9-8-29(60-2)21-34(32)35)57-39(59)33-6-4-5-7-37(33)61(30-17-25(40(44,45)46)15-26(18-30)41(47,48)49)31-19-27(42(50,51)52)16-28(20-31)43(53,54)55/h3-10,12,15-21,23-24,36,38H,1,11,13-14,22H2,2H3,(H,57,59). The summed E-state index contributed by atoms with van der Waals surface area (Å²) in [6.07, 6.45) is -16.9. The summed E-state index contributed by atoms with van der Waals surface area (Å²) in [6, 6.07) is 11.0. The van der Waals surface area contributed by atoms with E-state index in [1.807, 2.05) is 6.08 Å². The lowest BCUT2D eigenvalue weighted by atomic mass is 9.73. The van der Waals surface area contributed by atoms with Crippen molar-refractivity contribution in [3.05, 3.63) is 137 Å². The van der Waals surface area contributed by atoms with Crippen molar-refractivity contribution in [2.75, 3.05) is 20.2 Å². The third-order valence-electron chi connectivity index (χ3n) is 11.2. The van der Waals surface area contributed by atoms with Crippen LogP contribution in [0.25, 0.3) is 10.9 Å². The van der Waals surface area contributed by atoms with Gasteiger partial charge in [0.15, 0.2) is 0 Å². The van der Waals surface area contributed by atoms with Crippen LogP contribution in [0.5, 0.6) is 5.75 Å². The SMILES string of the molecule is C=CC1CN2CCC1CC2C(NC(=O)c1ccccc1P(c1cc(C(F)(F)F)cc(C(F)(F)F)c1)c1cc(C(F)(F)F)cc(C(F)(F)F)c1)c1ccnc2ccc(OC)cc12. The van der Waals surface area contributed by atoms with Crippen LogP contribution in [0.1, 0.15) is 57.1 Å². The third-order valence-corrected chi connectivity index (χ3v) is 13.6. The molecule has 3 saturated heterocycles. The number of benzene rings is 4. The number of nitrogens with one attached hydrogen (secondary N) is 1. The Labute approximate surface area is 342 Å². The molecule has 1 amide bonds. The number of halogens is 12. The van der Waals surface area contributed by atoms with E-state index in [1.54, 1.807) is 24.3 Å². The lowest BCUT2D eigenvalue weighted by Gasteiger charge is -2.51. The maximum absolute atomic E-state index is 14.9. The number of methoxy groups -OCH3 is 1. The molecular formula is C43H34F12N3O2P. The van der Waals surface area contributed by atoms with E-state index in [1.165, 1.54) is 31.5 Å². The Morgan fingerprint density at radius 3 is 1.85 bits per heavy atom. The minimum Gasteiger partial charge on any atom is -0.497 e. The first-order valence-corrected chi connectivity index (χ1v) is 20.0. The van der Waals surface area contributed by atoms with Crippen molar-refractivity contribution in [3.63, 3.8) is 0 Å². The van der Waals surface area contributed by atoms with Gasteiger partial charge < -0.3 is 10.1 Å². The van der Waals surface area contributed by atoms with E-state index in [9.17, 15) is 57.5 Å². The molecular weight excluding hydrogens is 849 g/mol. The molecule has 3 fully saturated rings. The molecule has 0 saturated carbocycles. The summed E-state index contributed by atoms with van der Waals surface area (Å²) in [5, 5.41) is 1.40. The van der Waals surface area contributed by atoms with Crippen molar-refractivity contribution < 1.29 is 62.2 Å². The van der Waals surface area contributed by atoms with Crippen LogP contribution in [-0.4, -0.2) is 42.0 Å². The molecule has 4 heterocycles. The fourth-order valence-electron chi connectivity index (χ4n) is 8.29. The third kappa shape index (κ3) is 9.09. The van der Waals surface area contributed by atoms with Crippen LogP contribution in [0.2, 0.25) is 0 Å². The smallest absolute Gasteiger partial charge is 0.416 e. The Morgan fingerprint density at radius 1 is 0.803 bits per heavy atom. The van der Waals surface area contributed by atoms with Crippen molar-refractivity contribution >= 4 is 40.6 Å². The van der Waals surface area contributed by atoms with Gasteiger partial charge in [-0.15, -0.1) is 6.58 Å². The molecule has 0 radical (unpaired) electrons. The van der Waals surface area contributed by atoms with E-state index in [4.69, 9.17) is 4.74 Å². The van der Waals surface area contributed by atoms with Crippen molar-refractivity contribution in [2.45, 2.75) is 49.6 Å². The summed E-state index contributed by atoms with van der Waals surface area (Å²) in [6.45, 7) is 5.20. The Hall–Kier alpha value is -5.15. The predicted molar refractivity (Wildman–Crippen MR) is 205 cm³/mol. The van der Waals surface area contributed by atoms with Crippen LogP contribution >= 0.6 is 7.92 Å². The van der Waals surface area contributed by atoms with Gasteiger partial charge in [0.25, 0.3) is 5.91 Å². The first-order valence-electron chi connectivity index (χ1n) is 18.6. The molecule has 3 aliphatic rings. The van der Waals surface area contributed by atoms with Gasteiger partial charge in [-0.05, 0) is 127 Å². The molecule has 18 heteroatoms. The monoisotopic (exact) mass is 883 g/mol. The van der Waals surface area contributed by atoms with Crippen LogP contribution in [0, 0.1) is 11.8 Å². The van der Waals surface area contributed by atoms with Gasteiger partial charge in [-0.1, -0.05) is 24.3 Å². The fraction of sp³-hybridized carbons (Fsp3) is 0.302. The molecule has 322 valence electrons. The number of amides is 1. The molecule has 61 heavy (non-hydrogen) atoms. The Balaban J connectivity index is 1.44. The minimum atomic E-state index is -5.43. The van der Waals surface area contributed by atoms with Crippen LogP contribution in [-0.2, 0) is 24.7 Å². The molecule has 4 aromatic carbocycles. The predicted octanol–water partition coefficient (Wildman–Crippen LogP) is 10.4. The van der Waals surface area contributed by atoms with E-state index in [0.717, 1.165) is 12.5 Å². The number of carbonyl (C=O) groups excluding carboxylic acids is 1. The van der Waals surface area contributed by atoms with Crippen LogP contribution in [0.15, 0.2) is 104 Å². The van der Waals surface area contributed by atoms with Gasteiger partial charge in [0.2, 0.25) is 0 Å². The maximum Gasteiger partial charge on any atom is 0.416 e. The Kier molecular flexibility index (Phi) is 11.7. The number of hydrogen-bond acceptors (Lipinski definition) is 4. The Bertz CT molecular complexity index is 2330. The van der Waals surface area contributed by atoms with Crippen molar-refractivity contribution in [3.8, 4) is 5.75 Å². The highest BCUT2D eigenvalue weighted by molar-refractivity contribution is 7.80. The number of piperidine rings is 3. The number of alkyl halides is 12. The number of nitrogens with zero attached hydrogens (tertiary/aromatic N) is 2. The molecule has 2 bridgehead atoms. The van der Waals surface area contributed by atoms with E-state index in [-0.39, 0.29) is 54.3 Å². The van der Waals surface area contributed by atoms with Gasteiger partial charge in [-0.25, -0.2) is 0 Å². The first-order chi connectivity index (χ1) is 28.6. The second-order valence-corrected chi connectivity index (χ2v) is 17.0. The molecule has 5 nitrogen and oxygen atoms in total. The average molecular weight is 884 g/mol. The quantitative estimate of drug-likeness (QED) is 0.0911. The lowest BCUT2D eigenvalue weighted by Crippen LogP contribution is -2.57. The summed E-state index contributed by atoms with van der Waals surface area (Å²) >= 11 is 0. The summed E-state index contributed by atoms with van der Waals surface area (Å²) in [7, 11) is -1.75. The summed E-state index contributed by atoms with van der Waals surface area (Å²) in [5.41, 5.74) is -6.71. The molecule has 0 spiro atoms. The van der Waals surface area contributed by atoms with Crippen molar-refractivity contribution in [1.29, 1.82) is 0 Å². The van der Waals surface area contributed by atoms with E-state index in [2.05, 4.69) is 21.8 Å². The maximum atomic E-state index is 14.9. The second-order valence-electron chi connectivity index (χ2n) is 14.9.